The minimum Gasteiger partial charge on any atom is -0.391 e. The first-order valence-corrected chi connectivity index (χ1v) is 10.0. The molecule has 8 heteroatoms. The standard InChI is InChI=1S/C21H24N6O2/c28-17-12-21(15-27(14-17)18-13-22-8-9-23-18)6-10-26(11-7-21)20-24-19(29-25-20)16-4-2-1-3-5-16/h1-5,8-9,13,17,28H,6-7,10-12,14-15H2. The van der Waals surface area contributed by atoms with Gasteiger partial charge in [-0.15, -0.1) is 0 Å². The predicted molar refractivity (Wildman–Crippen MR) is 108 cm³/mol. The summed E-state index contributed by atoms with van der Waals surface area (Å²) >= 11 is 0. The maximum Gasteiger partial charge on any atom is 0.266 e. The van der Waals surface area contributed by atoms with Gasteiger partial charge in [0.05, 0.1) is 12.3 Å². The van der Waals surface area contributed by atoms with Crippen LogP contribution in [0, 0.1) is 5.41 Å². The maximum absolute atomic E-state index is 10.5. The number of anilines is 2. The van der Waals surface area contributed by atoms with Crippen molar-refractivity contribution in [2.24, 2.45) is 5.41 Å². The molecule has 0 bridgehead atoms. The number of β-amino-alcohol motifs (C(OH)–C–C–N with tert-alkyl or cyclic N) is 1. The number of aliphatic hydroxyl groups is 1. The molecule has 8 nitrogen and oxygen atoms in total. The Morgan fingerprint density at radius 2 is 1.90 bits per heavy atom. The highest BCUT2D eigenvalue weighted by Crippen LogP contribution is 2.41. The minimum atomic E-state index is -0.354. The first-order chi connectivity index (χ1) is 14.2. The first kappa shape index (κ1) is 18.1. The van der Waals surface area contributed by atoms with Crippen LogP contribution in [-0.2, 0) is 0 Å². The van der Waals surface area contributed by atoms with Crippen molar-refractivity contribution in [1.82, 2.24) is 20.1 Å². The molecule has 150 valence electrons. The van der Waals surface area contributed by atoms with Crippen LogP contribution in [0.5, 0.6) is 0 Å². The van der Waals surface area contributed by atoms with Crippen LogP contribution in [0.3, 0.4) is 0 Å². The van der Waals surface area contributed by atoms with Crippen LogP contribution in [0.25, 0.3) is 11.5 Å². The van der Waals surface area contributed by atoms with E-state index in [2.05, 4.69) is 29.9 Å². The molecule has 1 N–H and O–H groups in total. The zero-order valence-corrected chi connectivity index (χ0v) is 16.2. The molecular formula is C21H24N6O2. The van der Waals surface area contributed by atoms with Crippen molar-refractivity contribution in [2.75, 3.05) is 36.0 Å². The van der Waals surface area contributed by atoms with E-state index in [9.17, 15) is 5.11 Å². The van der Waals surface area contributed by atoms with E-state index in [1.165, 1.54) is 0 Å². The van der Waals surface area contributed by atoms with Gasteiger partial charge in [0.1, 0.15) is 5.82 Å². The lowest BCUT2D eigenvalue weighted by Crippen LogP contribution is -2.54. The van der Waals surface area contributed by atoms with Gasteiger partial charge in [-0.2, -0.15) is 4.98 Å². The molecule has 1 spiro atoms. The monoisotopic (exact) mass is 392 g/mol. The summed E-state index contributed by atoms with van der Waals surface area (Å²) in [4.78, 5) is 17.5. The Balaban J connectivity index is 1.28. The molecule has 0 aliphatic carbocycles. The van der Waals surface area contributed by atoms with Crippen LogP contribution in [0.4, 0.5) is 11.8 Å². The first-order valence-electron chi connectivity index (χ1n) is 10.0. The Bertz CT molecular complexity index is 940. The van der Waals surface area contributed by atoms with Gasteiger partial charge in [-0.05, 0) is 42.0 Å². The van der Waals surface area contributed by atoms with Gasteiger partial charge >= 0.3 is 0 Å². The Labute approximate surface area is 169 Å². The average Bonchev–Trinajstić information content (AvgIpc) is 3.25. The number of hydrogen-bond donors (Lipinski definition) is 1. The van der Waals surface area contributed by atoms with Crippen LogP contribution in [0.1, 0.15) is 19.3 Å². The van der Waals surface area contributed by atoms with Crippen molar-refractivity contribution >= 4 is 11.8 Å². The fraction of sp³-hybridized carbons (Fsp3) is 0.429. The zero-order chi connectivity index (χ0) is 19.7. The van der Waals surface area contributed by atoms with Crippen LogP contribution in [0.2, 0.25) is 0 Å². The number of hydrogen-bond acceptors (Lipinski definition) is 8. The second kappa shape index (κ2) is 7.44. The molecule has 0 saturated carbocycles. The third-order valence-electron chi connectivity index (χ3n) is 6.04. The van der Waals surface area contributed by atoms with Gasteiger partial charge in [0.2, 0.25) is 0 Å². The molecule has 2 fully saturated rings. The molecule has 0 amide bonds. The van der Waals surface area contributed by atoms with Crippen LogP contribution in [0.15, 0.2) is 53.4 Å². The van der Waals surface area contributed by atoms with Gasteiger partial charge in [-0.25, -0.2) is 4.98 Å². The lowest BCUT2D eigenvalue weighted by Gasteiger charge is -2.49. The summed E-state index contributed by atoms with van der Waals surface area (Å²) in [5, 5.41) is 14.7. The van der Waals surface area contributed by atoms with Gasteiger partial charge in [0, 0.05) is 44.1 Å². The lowest BCUT2D eigenvalue weighted by atomic mass is 9.71. The van der Waals surface area contributed by atoms with Crippen molar-refractivity contribution in [3.8, 4) is 11.5 Å². The summed E-state index contributed by atoms with van der Waals surface area (Å²) < 4.78 is 5.47. The molecule has 0 radical (unpaired) electrons. The zero-order valence-electron chi connectivity index (χ0n) is 16.2. The van der Waals surface area contributed by atoms with Gasteiger partial charge in [0.25, 0.3) is 11.8 Å². The lowest BCUT2D eigenvalue weighted by molar-refractivity contribution is 0.0593. The Morgan fingerprint density at radius 3 is 2.66 bits per heavy atom. The van der Waals surface area contributed by atoms with E-state index >= 15 is 0 Å². The topological polar surface area (TPSA) is 91.4 Å². The second-order valence-electron chi connectivity index (χ2n) is 8.05. The summed E-state index contributed by atoms with van der Waals surface area (Å²) in [6, 6.07) is 9.82. The third kappa shape index (κ3) is 3.67. The van der Waals surface area contributed by atoms with Crippen molar-refractivity contribution in [3.63, 3.8) is 0 Å². The minimum absolute atomic E-state index is 0.0671. The van der Waals surface area contributed by atoms with Gasteiger partial charge in [0.15, 0.2) is 0 Å². The number of aromatic nitrogens is 4. The number of rotatable bonds is 3. The summed E-state index contributed by atoms with van der Waals surface area (Å²) in [5.41, 5.74) is 0.993. The highest BCUT2D eigenvalue weighted by atomic mass is 16.5. The highest BCUT2D eigenvalue weighted by molar-refractivity contribution is 5.54. The van der Waals surface area contributed by atoms with E-state index < -0.39 is 0 Å². The quantitative estimate of drug-likeness (QED) is 0.726. The number of nitrogens with zero attached hydrogens (tertiary/aromatic N) is 6. The molecule has 2 aliphatic rings. The Morgan fingerprint density at radius 1 is 1.07 bits per heavy atom. The number of aliphatic hydroxyl groups excluding tert-OH is 1. The van der Waals surface area contributed by atoms with Crippen molar-refractivity contribution in [1.29, 1.82) is 0 Å². The Kier molecular flexibility index (Phi) is 4.63. The average molecular weight is 392 g/mol. The molecule has 2 aromatic heterocycles. The molecule has 29 heavy (non-hydrogen) atoms. The number of piperidine rings is 2. The van der Waals surface area contributed by atoms with E-state index in [0.717, 1.165) is 50.3 Å². The maximum atomic E-state index is 10.5. The smallest absolute Gasteiger partial charge is 0.266 e. The molecule has 1 unspecified atom stereocenters. The van der Waals surface area contributed by atoms with Crippen molar-refractivity contribution in [2.45, 2.75) is 25.4 Å². The normalized spacial score (nSPS) is 21.5. The van der Waals surface area contributed by atoms with E-state index in [1.54, 1.807) is 18.6 Å². The van der Waals surface area contributed by atoms with Gasteiger partial charge in [-0.1, -0.05) is 18.2 Å². The van der Waals surface area contributed by atoms with Crippen LogP contribution >= 0.6 is 0 Å². The fourth-order valence-electron chi connectivity index (χ4n) is 4.57. The SMILES string of the molecule is OC1CN(c2cnccn2)CC2(CCN(c3noc(-c4ccccc4)n3)CC2)C1. The van der Waals surface area contributed by atoms with E-state index in [-0.39, 0.29) is 11.5 Å². The van der Waals surface area contributed by atoms with Crippen molar-refractivity contribution < 1.29 is 9.63 Å². The van der Waals surface area contributed by atoms with E-state index in [4.69, 9.17) is 4.52 Å². The molecule has 4 heterocycles. The van der Waals surface area contributed by atoms with Crippen LogP contribution in [-0.4, -0.2) is 57.5 Å². The summed E-state index contributed by atoms with van der Waals surface area (Å²) in [6.07, 6.45) is 7.54. The van der Waals surface area contributed by atoms with Crippen LogP contribution < -0.4 is 9.80 Å². The summed E-state index contributed by atoms with van der Waals surface area (Å²) in [7, 11) is 0. The summed E-state index contributed by atoms with van der Waals surface area (Å²) in [6.45, 7) is 3.18. The molecule has 1 atom stereocenters. The fourth-order valence-corrected chi connectivity index (χ4v) is 4.57. The molecule has 3 aromatic rings. The van der Waals surface area contributed by atoms with E-state index in [1.807, 2.05) is 30.3 Å². The molecular weight excluding hydrogens is 368 g/mol. The largest absolute Gasteiger partial charge is 0.391 e. The second-order valence-corrected chi connectivity index (χ2v) is 8.05. The van der Waals surface area contributed by atoms with Gasteiger partial charge in [-0.3, -0.25) is 4.98 Å². The highest BCUT2D eigenvalue weighted by Gasteiger charge is 2.42. The van der Waals surface area contributed by atoms with Crippen molar-refractivity contribution in [3.05, 3.63) is 48.9 Å². The van der Waals surface area contributed by atoms with Gasteiger partial charge < -0.3 is 19.4 Å². The Hall–Kier alpha value is -3.00. The molecule has 5 rings (SSSR count). The molecule has 2 saturated heterocycles. The third-order valence-corrected chi connectivity index (χ3v) is 6.04. The molecule has 1 aromatic carbocycles. The molecule has 2 aliphatic heterocycles. The summed E-state index contributed by atoms with van der Waals surface area (Å²) in [5.74, 6) is 2.02. The van der Waals surface area contributed by atoms with E-state index in [0.29, 0.717) is 18.4 Å². The number of benzene rings is 1. The predicted octanol–water partition coefficient (Wildman–Crippen LogP) is 2.38.